The Morgan fingerprint density at radius 1 is 0.935 bits per heavy atom. The summed E-state index contributed by atoms with van der Waals surface area (Å²) < 4.78 is 22.2. The summed E-state index contributed by atoms with van der Waals surface area (Å²) in [6.45, 7) is 2.18. The SMILES string of the molecule is COCOc1cc(OCOC)c(-c2ccccc2)c(CC(=O)NCCNC(C)=O)c1Br. The molecule has 2 amide bonds. The molecule has 0 aliphatic heterocycles. The largest absolute Gasteiger partial charge is 0.467 e. The Morgan fingerprint density at radius 3 is 2.16 bits per heavy atom. The normalized spacial score (nSPS) is 10.5. The lowest BCUT2D eigenvalue weighted by Gasteiger charge is -2.20. The van der Waals surface area contributed by atoms with Gasteiger partial charge in [0.25, 0.3) is 0 Å². The Kier molecular flexibility index (Phi) is 10.3. The molecule has 2 aromatic carbocycles. The number of methoxy groups -OCH3 is 2. The predicted molar refractivity (Wildman–Crippen MR) is 120 cm³/mol. The van der Waals surface area contributed by atoms with Crippen molar-refractivity contribution >= 4 is 27.7 Å². The molecule has 0 atom stereocenters. The van der Waals surface area contributed by atoms with Crippen LogP contribution in [-0.4, -0.2) is 52.7 Å². The summed E-state index contributed by atoms with van der Waals surface area (Å²) in [5.74, 6) is 0.646. The van der Waals surface area contributed by atoms with Crippen molar-refractivity contribution in [2.45, 2.75) is 13.3 Å². The summed E-state index contributed by atoms with van der Waals surface area (Å²) >= 11 is 3.59. The highest BCUT2D eigenvalue weighted by molar-refractivity contribution is 9.10. The van der Waals surface area contributed by atoms with Crippen molar-refractivity contribution in [3.8, 4) is 22.6 Å². The Morgan fingerprint density at radius 2 is 1.55 bits per heavy atom. The van der Waals surface area contributed by atoms with Gasteiger partial charge in [-0.1, -0.05) is 30.3 Å². The first-order chi connectivity index (χ1) is 15.0. The summed E-state index contributed by atoms with van der Waals surface area (Å²) in [6.07, 6.45) is 0.0679. The predicted octanol–water partition coefficient (Wildman–Crippen LogP) is 2.88. The molecule has 9 heteroatoms. The fourth-order valence-electron chi connectivity index (χ4n) is 2.88. The van der Waals surface area contributed by atoms with Gasteiger partial charge >= 0.3 is 0 Å². The van der Waals surface area contributed by atoms with Gasteiger partial charge in [-0.15, -0.1) is 0 Å². The minimum absolute atomic E-state index is 0.0353. The number of benzene rings is 2. The molecule has 2 rings (SSSR count). The molecular weight excluding hydrogens is 468 g/mol. The molecule has 0 saturated carbocycles. The Balaban J connectivity index is 2.43. The van der Waals surface area contributed by atoms with Crippen LogP contribution in [0.2, 0.25) is 0 Å². The zero-order valence-corrected chi connectivity index (χ0v) is 19.4. The fraction of sp³-hybridized carbons (Fsp3) is 0.364. The molecule has 0 heterocycles. The number of hydrogen-bond donors (Lipinski definition) is 2. The summed E-state index contributed by atoms with van der Waals surface area (Å²) in [7, 11) is 3.06. The van der Waals surface area contributed by atoms with Crippen molar-refractivity contribution in [3.63, 3.8) is 0 Å². The molecule has 168 valence electrons. The highest BCUT2D eigenvalue weighted by Crippen LogP contribution is 2.43. The van der Waals surface area contributed by atoms with Gasteiger partial charge in [0.1, 0.15) is 11.5 Å². The van der Waals surface area contributed by atoms with Crippen molar-refractivity contribution in [2.24, 2.45) is 0 Å². The number of amides is 2. The van der Waals surface area contributed by atoms with E-state index in [4.69, 9.17) is 18.9 Å². The smallest absolute Gasteiger partial charge is 0.224 e. The number of carbonyl (C=O) groups is 2. The molecule has 0 fully saturated rings. The topological polar surface area (TPSA) is 95.1 Å². The third-order valence-corrected chi connectivity index (χ3v) is 5.05. The molecule has 0 radical (unpaired) electrons. The molecule has 0 saturated heterocycles. The number of halogens is 1. The number of carbonyl (C=O) groups excluding carboxylic acids is 2. The first kappa shape index (κ1) is 24.6. The lowest BCUT2D eigenvalue weighted by Crippen LogP contribution is -2.34. The van der Waals surface area contributed by atoms with Crippen molar-refractivity contribution in [2.75, 3.05) is 40.9 Å². The molecule has 0 aromatic heterocycles. The van der Waals surface area contributed by atoms with E-state index in [1.54, 1.807) is 6.07 Å². The lowest BCUT2D eigenvalue weighted by molar-refractivity contribution is -0.121. The van der Waals surface area contributed by atoms with Gasteiger partial charge in [0.05, 0.1) is 10.9 Å². The van der Waals surface area contributed by atoms with E-state index in [0.29, 0.717) is 34.6 Å². The van der Waals surface area contributed by atoms with E-state index < -0.39 is 0 Å². The maximum atomic E-state index is 12.7. The second kappa shape index (κ2) is 12.9. The molecule has 0 bridgehead atoms. The van der Waals surface area contributed by atoms with E-state index in [-0.39, 0.29) is 31.8 Å². The quantitative estimate of drug-likeness (QED) is 0.348. The zero-order valence-electron chi connectivity index (χ0n) is 17.8. The van der Waals surface area contributed by atoms with Gasteiger partial charge in [0.2, 0.25) is 11.8 Å². The van der Waals surface area contributed by atoms with Crippen LogP contribution in [0.25, 0.3) is 11.1 Å². The maximum Gasteiger partial charge on any atom is 0.224 e. The van der Waals surface area contributed by atoms with Gasteiger partial charge in [0.15, 0.2) is 13.6 Å². The van der Waals surface area contributed by atoms with Crippen LogP contribution in [0.5, 0.6) is 11.5 Å². The molecular formula is C22H27BrN2O6. The van der Waals surface area contributed by atoms with E-state index in [2.05, 4.69) is 26.6 Å². The summed E-state index contributed by atoms with van der Waals surface area (Å²) in [5.41, 5.74) is 2.34. The summed E-state index contributed by atoms with van der Waals surface area (Å²) in [6, 6.07) is 11.4. The minimum atomic E-state index is -0.204. The van der Waals surface area contributed by atoms with Crippen LogP contribution in [0.15, 0.2) is 40.9 Å². The van der Waals surface area contributed by atoms with Crippen LogP contribution >= 0.6 is 15.9 Å². The van der Waals surface area contributed by atoms with Gasteiger partial charge in [-0.05, 0) is 27.1 Å². The third kappa shape index (κ3) is 7.54. The van der Waals surface area contributed by atoms with E-state index in [9.17, 15) is 9.59 Å². The first-order valence-electron chi connectivity index (χ1n) is 9.63. The monoisotopic (exact) mass is 494 g/mol. The molecule has 31 heavy (non-hydrogen) atoms. The van der Waals surface area contributed by atoms with Crippen LogP contribution in [0, 0.1) is 0 Å². The summed E-state index contributed by atoms with van der Waals surface area (Å²) in [5, 5.41) is 5.46. The van der Waals surface area contributed by atoms with E-state index in [1.165, 1.54) is 21.1 Å². The first-order valence-corrected chi connectivity index (χ1v) is 10.4. The van der Waals surface area contributed by atoms with Crippen molar-refractivity contribution in [3.05, 3.63) is 46.4 Å². The highest BCUT2D eigenvalue weighted by Gasteiger charge is 2.22. The van der Waals surface area contributed by atoms with Gasteiger partial charge in [0, 0.05) is 45.9 Å². The van der Waals surface area contributed by atoms with Gasteiger partial charge in [-0.3, -0.25) is 9.59 Å². The Labute approximate surface area is 190 Å². The van der Waals surface area contributed by atoms with Crippen molar-refractivity contribution in [1.82, 2.24) is 10.6 Å². The summed E-state index contributed by atoms with van der Waals surface area (Å²) in [4.78, 5) is 23.7. The van der Waals surface area contributed by atoms with Gasteiger partial charge < -0.3 is 29.6 Å². The molecule has 2 N–H and O–H groups in total. The van der Waals surface area contributed by atoms with Gasteiger partial charge in [-0.25, -0.2) is 0 Å². The van der Waals surface area contributed by atoms with Crippen molar-refractivity contribution < 1.29 is 28.5 Å². The van der Waals surface area contributed by atoms with E-state index in [1.807, 2.05) is 30.3 Å². The third-order valence-electron chi connectivity index (χ3n) is 4.18. The van der Waals surface area contributed by atoms with Crippen LogP contribution in [0.1, 0.15) is 12.5 Å². The van der Waals surface area contributed by atoms with Crippen LogP contribution in [-0.2, 0) is 25.5 Å². The fourth-order valence-corrected chi connectivity index (χ4v) is 3.44. The molecule has 0 spiro atoms. The number of hydrogen-bond acceptors (Lipinski definition) is 6. The van der Waals surface area contributed by atoms with Crippen LogP contribution in [0.4, 0.5) is 0 Å². The van der Waals surface area contributed by atoms with E-state index in [0.717, 1.165) is 11.1 Å². The minimum Gasteiger partial charge on any atom is -0.467 e. The molecule has 0 aliphatic rings. The molecule has 0 unspecified atom stereocenters. The maximum absolute atomic E-state index is 12.7. The highest BCUT2D eigenvalue weighted by atomic mass is 79.9. The standard InChI is InChI=1S/C22H27BrN2O6/c1-15(26)24-9-10-25-20(27)11-17-21(16-7-5-4-6-8-16)18(30-13-28-2)12-19(22(17)23)31-14-29-3/h4-8,12H,9-11,13-14H2,1-3H3,(H,24,26)(H,25,27). The molecule has 8 nitrogen and oxygen atoms in total. The number of ether oxygens (including phenoxy) is 4. The Hall–Kier alpha value is -2.62. The average Bonchev–Trinajstić information content (AvgIpc) is 2.76. The second-order valence-corrected chi connectivity index (χ2v) is 7.31. The number of nitrogens with one attached hydrogen (secondary N) is 2. The van der Waals surface area contributed by atoms with E-state index >= 15 is 0 Å². The van der Waals surface area contributed by atoms with Crippen LogP contribution < -0.4 is 20.1 Å². The van der Waals surface area contributed by atoms with Crippen LogP contribution in [0.3, 0.4) is 0 Å². The molecule has 2 aromatic rings. The number of rotatable bonds is 12. The van der Waals surface area contributed by atoms with Gasteiger partial charge in [-0.2, -0.15) is 0 Å². The lowest BCUT2D eigenvalue weighted by atomic mass is 9.95. The Bertz CT molecular complexity index is 876. The zero-order chi connectivity index (χ0) is 22.6. The average molecular weight is 495 g/mol. The van der Waals surface area contributed by atoms with Crippen molar-refractivity contribution in [1.29, 1.82) is 0 Å². The second-order valence-electron chi connectivity index (χ2n) is 6.52. The molecule has 0 aliphatic carbocycles.